The molecule has 0 radical (unpaired) electrons. The van der Waals surface area contributed by atoms with Crippen LogP contribution in [0.2, 0.25) is 10.0 Å². The Morgan fingerprint density at radius 3 is 2.75 bits per heavy atom. The second-order valence-corrected chi connectivity index (χ2v) is 5.51. The summed E-state index contributed by atoms with van der Waals surface area (Å²) >= 11 is 12.2. The van der Waals surface area contributed by atoms with E-state index in [-0.39, 0.29) is 12.5 Å². The lowest BCUT2D eigenvalue weighted by molar-refractivity contribution is -0.122. The highest BCUT2D eigenvalue weighted by Crippen LogP contribution is 2.32. The topological polar surface area (TPSA) is 64.3 Å². The van der Waals surface area contributed by atoms with Crippen LogP contribution in [0.4, 0.5) is 0 Å². The Balaban J connectivity index is 2.83. The Morgan fingerprint density at radius 2 is 2.15 bits per heavy atom. The van der Waals surface area contributed by atoms with E-state index in [9.17, 15) is 4.79 Å². The maximum atomic E-state index is 11.0. The molecule has 0 spiro atoms. The van der Waals surface area contributed by atoms with Crippen molar-refractivity contribution in [2.45, 2.75) is 26.8 Å². The third-order valence-electron chi connectivity index (χ3n) is 2.79. The molecule has 6 heteroatoms. The van der Waals surface area contributed by atoms with Gasteiger partial charge in [0, 0.05) is 17.1 Å². The molecule has 0 aromatic heterocycles. The normalized spacial score (nSPS) is 12.2. The number of rotatable bonds is 8. The molecule has 1 aromatic rings. The van der Waals surface area contributed by atoms with Crippen molar-refractivity contribution in [3.8, 4) is 5.75 Å². The molecule has 4 nitrogen and oxygen atoms in total. The number of hydrogen-bond acceptors (Lipinski definition) is 3. The molecule has 0 saturated heterocycles. The molecule has 20 heavy (non-hydrogen) atoms. The molecule has 0 bridgehead atoms. The van der Waals surface area contributed by atoms with Gasteiger partial charge in [-0.2, -0.15) is 0 Å². The molecule has 0 aliphatic rings. The lowest BCUT2D eigenvalue weighted by atomic mass is 10.1. The first-order chi connectivity index (χ1) is 9.45. The van der Waals surface area contributed by atoms with E-state index in [0.29, 0.717) is 22.3 Å². The maximum absolute atomic E-state index is 11.0. The van der Waals surface area contributed by atoms with E-state index in [0.717, 1.165) is 18.5 Å². The lowest BCUT2D eigenvalue weighted by Gasteiger charge is -2.16. The fourth-order valence-corrected chi connectivity index (χ4v) is 2.19. The summed E-state index contributed by atoms with van der Waals surface area (Å²) in [6, 6.07) is 3.43. The van der Waals surface area contributed by atoms with Crippen LogP contribution in [0.15, 0.2) is 12.1 Å². The van der Waals surface area contributed by atoms with E-state index < -0.39 is 5.91 Å². The van der Waals surface area contributed by atoms with Crippen LogP contribution in [0.3, 0.4) is 0 Å². The van der Waals surface area contributed by atoms with Crippen molar-refractivity contribution in [3.05, 3.63) is 27.7 Å². The molecular formula is C14H20Cl2N2O2. The Morgan fingerprint density at radius 1 is 1.45 bits per heavy atom. The van der Waals surface area contributed by atoms with Gasteiger partial charge in [-0.15, -0.1) is 0 Å². The van der Waals surface area contributed by atoms with Gasteiger partial charge in [-0.3, -0.25) is 4.79 Å². The highest BCUT2D eigenvalue weighted by molar-refractivity contribution is 6.35. The van der Waals surface area contributed by atoms with Crippen molar-refractivity contribution in [1.82, 2.24) is 5.32 Å². The van der Waals surface area contributed by atoms with E-state index in [1.807, 2.05) is 0 Å². The molecule has 1 aromatic carbocycles. The number of ether oxygens (including phenoxy) is 1. The molecule has 1 atom stereocenters. The predicted molar refractivity (Wildman–Crippen MR) is 82.3 cm³/mol. The molecule has 1 rings (SSSR count). The van der Waals surface area contributed by atoms with E-state index in [1.165, 1.54) is 0 Å². The third-order valence-corrected chi connectivity index (χ3v) is 3.29. The summed E-state index contributed by atoms with van der Waals surface area (Å²) in [5.74, 6) is -0.230. The highest BCUT2D eigenvalue weighted by Gasteiger charge is 2.14. The van der Waals surface area contributed by atoms with Gasteiger partial charge in [0.15, 0.2) is 0 Å². The number of primary amides is 1. The van der Waals surface area contributed by atoms with Crippen molar-refractivity contribution in [3.63, 3.8) is 0 Å². The van der Waals surface area contributed by atoms with Gasteiger partial charge < -0.3 is 15.8 Å². The lowest BCUT2D eigenvalue weighted by Crippen LogP contribution is -2.26. The fourth-order valence-electron chi connectivity index (χ4n) is 1.60. The summed E-state index contributed by atoms with van der Waals surface area (Å²) in [7, 11) is 0. The summed E-state index contributed by atoms with van der Waals surface area (Å²) in [5, 5.41) is 4.25. The number of benzene rings is 1. The minimum Gasteiger partial charge on any atom is -0.491 e. The van der Waals surface area contributed by atoms with Gasteiger partial charge in [0.25, 0.3) is 0 Å². The van der Waals surface area contributed by atoms with Gasteiger partial charge >= 0.3 is 0 Å². The second kappa shape index (κ2) is 8.35. The summed E-state index contributed by atoms with van der Waals surface area (Å²) in [5.41, 5.74) is 6.08. The fraction of sp³-hybridized carbons (Fsp3) is 0.500. The van der Waals surface area contributed by atoms with E-state index >= 15 is 0 Å². The van der Waals surface area contributed by atoms with Crippen molar-refractivity contribution in [2.24, 2.45) is 11.7 Å². The number of carbonyl (C=O) groups is 1. The molecule has 0 heterocycles. The van der Waals surface area contributed by atoms with Crippen LogP contribution in [0.25, 0.3) is 0 Å². The smallest absolute Gasteiger partial charge is 0.223 e. The van der Waals surface area contributed by atoms with Gasteiger partial charge in [0.05, 0.1) is 17.5 Å². The number of amides is 1. The molecule has 3 N–H and O–H groups in total. The zero-order chi connectivity index (χ0) is 15.1. The van der Waals surface area contributed by atoms with Crippen molar-refractivity contribution < 1.29 is 9.53 Å². The zero-order valence-electron chi connectivity index (χ0n) is 11.7. The number of nitrogens with one attached hydrogen (secondary N) is 1. The molecule has 0 aliphatic heterocycles. The number of carbonyl (C=O) groups excluding carboxylic acids is 1. The van der Waals surface area contributed by atoms with Gasteiger partial charge in [-0.1, -0.05) is 37.0 Å². The Labute approximate surface area is 129 Å². The minimum atomic E-state index is -0.402. The second-order valence-electron chi connectivity index (χ2n) is 4.67. The van der Waals surface area contributed by atoms with E-state index in [2.05, 4.69) is 12.2 Å². The summed E-state index contributed by atoms with van der Waals surface area (Å²) in [6.45, 7) is 5.48. The first-order valence-electron chi connectivity index (χ1n) is 6.56. The summed E-state index contributed by atoms with van der Waals surface area (Å²) < 4.78 is 5.65. The molecule has 112 valence electrons. The van der Waals surface area contributed by atoms with Gasteiger partial charge in [-0.25, -0.2) is 0 Å². The van der Waals surface area contributed by atoms with Crippen LogP contribution in [0.5, 0.6) is 5.75 Å². The Bertz CT molecular complexity index is 467. The summed E-state index contributed by atoms with van der Waals surface area (Å²) in [6.07, 6.45) is 1.03. The zero-order valence-corrected chi connectivity index (χ0v) is 13.2. The van der Waals surface area contributed by atoms with Crippen LogP contribution < -0.4 is 15.8 Å². The summed E-state index contributed by atoms with van der Waals surface area (Å²) in [4.78, 5) is 11.0. The van der Waals surface area contributed by atoms with Gasteiger partial charge in [0.1, 0.15) is 5.75 Å². The Kier molecular flexibility index (Phi) is 7.13. The minimum absolute atomic E-state index is 0.192. The number of halogens is 2. The van der Waals surface area contributed by atoms with Crippen LogP contribution in [-0.4, -0.2) is 19.1 Å². The third kappa shape index (κ3) is 5.19. The molecule has 1 unspecified atom stereocenters. The van der Waals surface area contributed by atoms with Gasteiger partial charge in [-0.05, 0) is 25.1 Å². The van der Waals surface area contributed by atoms with Crippen molar-refractivity contribution >= 4 is 29.1 Å². The predicted octanol–water partition coefficient (Wildman–Crippen LogP) is 2.99. The molecule has 0 aliphatic carbocycles. The highest BCUT2D eigenvalue weighted by atomic mass is 35.5. The average Bonchev–Trinajstić information content (AvgIpc) is 2.37. The van der Waals surface area contributed by atoms with Crippen molar-refractivity contribution in [1.29, 1.82) is 0 Å². The largest absolute Gasteiger partial charge is 0.491 e. The van der Waals surface area contributed by atoms with Crippen LogP contribution >= 0.6 is 23.2 Å². The van der Waals surface area contributed by atoms with Gasteiger partial charge in [0.2, 0.25) is 5.91 Å². The molecule has 0 fully saturated rings. The first-order valence-corrected chi connectivity index (χ1v) is 7.32. The van der Waals surface area contributed by atoms with E-state index in [1.54, 1.807) is 19.1 Å². The first kappa shape index (κ1) is 17.1. The Hall–Kier alpha value is -0.970. The standard InChI is InChI=1S/C14H20Cl2N2O2/c1-3-4-18-7-10-5-11(15)6-12(16)13(10)20-8-9(2)14(17)19/h5-6,9,18H,3-4,7-8H2,1-2H3,(H2,17,19). The molecule has 1 amide bonds. The number of hydrogen-bond donors (Lipinski definition) is 2. The SMILES string of the molecule is CCCNCc1cc(Cl)cc(Cl)c1OCC(C)C(N)=O. The number of nitrogens with two attached hydrogens (primary N) is 1. The van der Waals surface area contributed by atoms with Crippen LogP contribution in [0, 0.1) is 5.92 Å². The maximum Gasteiger partial charge on any atom is 0.223 e. The monoisotopic (exact) mass is 318 g/mol. The van der Waals surface area contributed by atoms with Crippen LogP contribution in [-0.2, 0) is 11.3 Å². The van der Waals surface area contributed by atoms with Crippen molar-refractivity contribution in [2.75, 3.05) is 13.2 Å². The van der Waals surface area contributed by atoms with Crippen LogP contribution in [0.1, 0.15) is 25.8 Å². The molecule has 0 saturated carbocycles. The molecular weight excluding hydrogens is 299 g/mol. The van der Waals surface area contributed by atoms with E-state index in [4.69, 9.17) is 33.7 Å². The average molecular weight is 319 g/mol. The quantitative estimate of drug-likeness (QED) is 0.724.